The van der Waals surface area contributed by atoms with E-state index < -0.39 is 0 Å². The highest BCUT2D eigenvalue weighted by atomic mass is 35.5. The first-order valence-electron chi connectivity index (χ1n) is 8.24. The van der Waals surface area contributed by atoms with Crippen LogP contribution < -0.4 is 5.73 Å². The van der Waals surface area contributed by atoms with Gasteiger partial charge in [-0.15, -0.1) is 12.4 Å². The molecule has 2 fully saturated rings. The van der Waals surface area contributed by atoms with E-state index in [1.165, 1.54) is 12.8 Å². The highest BCUT2D eigenvalue weighted by Gasteiger charge is 2.32. The molecule has 2 aliphatic rings. The molecule has 1 saturated carbocycles. The van der Waals surface area contributed by atoms with Gasteiger partial charge >= 0.3 is 0 Å². The summed E-state index contributed by atoms with van der Waals surface area (Å²) in [7, 11) is 0. The molecular weight excluding hydrogens is 288 g/mol. The lowest BCUT2D eigenvalue weighted by molar-refractivity contribution is -0.139. The van der Waals surface area contributed by atoms with Crippen molar-refractivity contribution in [1.82, 2.24) is 4.90 Å². The third kappa shape index (κ3) is 5.11. The predicted octanol–water partition coefficient (Wildman–Crippen LogP) is 2.59. The van der Waals surface area contributed by atoms with Crippen LogP contribution in [0.4, 0.5) is 0 Å². The van der Waals surface area contributed by atoms with E-state index >= 15 is 0 Å². The number of carbonyl (C=O) groups excluding carboxylic acids is 1. The highest BCUT2D eigenvalue weighted by Crippen LogP contribution is 2.29. The lowest BCUT2D eigenvalue weighted by Gasteiger charge is -2.38. The number of rotatable bonds is 5. The maximum Gasteiger partial charge on any atom is 0.227 e. The van der Waals surface area contributed by atoms with Crippen LogP contribution >= 0.6 is 12.4 Å². The van der Waals surface area contributed by atoms with E-state index in [0.29, 0.717) is 12.6 Å². The van der Waals surface area contributed by atoms with Gasteiger partial charge in [-0.3, -0.25) is 4.79 Å². The Bertz CT molecular complexity index is 313. The highest BCUT2D eigenvalue weighted by molar-refractivity contribution is 5.85. The normalized spacial score (nSPS) is 30.5. The summed E-state index contributed by atoms with van der Waals surface area (Å²) >= 11 is 0. The SMILES string of the molecule is CC1CCC(N(CC2CCCO2)C(=O)C(C)CN)CC1.Cl. The number of carbonyl (C=O) groups is 1. The van der Waals surface area contributed by atoms with Gasteiger partial charge in [0.2, 0.25) is 5.91 Å². The molecule has 1 saturated heterocycles. The molecule has 2 unspecified atom stereocenters. The molecule has 0 aromatic rings. The first kappa shape index (κ1) is 18.7. The minimum Gasteiger partial charge on any atom is -0.376 e. The van der Waals surface area contributed by atoms with Crippen LogP contribution in [0.3, 0.4) is 0 Å². The number of nitrogens with two attached hydrogens (primary N) is 1. The molecule has 0 bridgehead atoms. The Morgan fingerprint density at radius 3 is 2.48 bits per heavy atom. The molecule has 1 aliphatic carbocycles. The molecule has 1 aliphatic heterocycles. The Balaban J connectivity index is 0.00000220. The van der Waals surface area contributed by atoms with E-state index in [2.05, 4.69) is 11.8 Å². The van der Waals surface area contributed by atoms with Gasteiger partial charge in [-0.1, -0.05) is 13.8 Å². The van der Waals surface area contributed by atoms with Crippen LogP contribution in [0.5, 0.6) is 0 Å². The lowest BCUT2D eigenvalue weighted by atomic mass is 9.86. The molecule has 5 heteroatoms. The number of amides is 1. The number of hydrogen-bond acceptors (Lipinski definition) is 3. The second kappa shape index (κ2) is 8.96. The Hall–Kier alpha value is -0.320. The Morgan fingerprint density at radius 2 is 1.95 bits per heavy atom. The summed E-state index contributed by atoms with van der Waals surface area (Å²) in [5.74, 6) is 0.955. The van der Waals surface area contributed by atoms with Gasteiger partial charge in [0.25, 0.3) is 0 Å². The van der Waals surface area contributed by atoms with E-state index in [4.69, 9.17) is 10.5 Å². The fourth-order valence-corrected chi connectivity index (χ4v) is 3.36. The molecule has 4 nitrogen and oxygen atoms in total. The Labute approximate surface area is 135 Å². The number of hydrogen-bond donors (Lipinski definition) is 1. The second-order valence-electron chi connectivity index (χ2n) is 6.68. The smallest absolute Gasteiger partial charge is 0.227 e. The van der Waals surface area contributed by atoms with Crippen molar-refractivity contribution in [3.63, 3.8) is 0 Å². The fourth-order valence-electron chi connectivity index (χ4n) is 3.36. The second-order valence-corrected chi connectivity index (χ2v) is 6.68. The van der Waals surface area contributed by atoms with Crippen LogP contribution in [0, 0.1) is 11.8 Å². The minimum absolute atomic E-state index is 0. The summed E-state index contributed by atoms with van der Waals surface area (Å²) in [6.45, 7) is 6.30. The number of nitrogens with zero attached hydrogens (tertiary/aromatic N) is 1. The molecule has 2 atom stereocenters. The van der Waals surface area contributed by atoms with Gasteiger partial charge in [0.1, 0.15) is 0 Å². The topological polar surface area (TPSA) is 55.6 Å². The van der Waals surface area contributed by atoms with Crippen molar-refractivity contribution in [3.8, 4) is 0 Å². The third-order valence-corrected chi connectivity index (χ3v) is 4.91. The van der Waals surface area contributed by atoms with Crippen LogP contribution in [-0.4, -0.2) is 42.6 Å². The number of halogens is 1. The molecule has 21 heavy (non-hydrogen) atoms. The molecule has 1 amide bonds. The Morgan fingerprint density at radius 1 is 1.29 bits per heavy atom. The molecule has 0 radical (unpaired) electrons. The predicted molar refractivity (Wildman–Crippen MR) is 87.6 cm³/mol. The molecule has 2 rings (SSSR count). The van der Waals surface area contributed by atoms with Crippen LogP contribution in [0.25, 0.3) is 0 Å². The van der Waals surface area contributed by atoms with Crippen molar-refractivity contribution < 1.29 is 9.53 Å². The van der Waals surface area contributed by atoms with Crippen molar-refractivity contribution in [2.45, 2.75) is 64.5 Å². The van der Waals surface area contributed by atoms with E-state index in [1.54, 1.807) is 0 Å². The molecule has 0 aromatic carbocycles. The van der Waals surface area contributed by atoms with Crippen LogP contribution in [-0.2, 0) is 9.53 Å². The zero-order chi connectivity index (χ0) is 14.5. The van der Waals surface area contributed by atoms with E-state index in [-0.39, 0.29) is 30.3 Å². The molecule has 2 N–H and O–H groups in total. The zero-order valence-electron chi connectivity index (χ0n) is 13.4. The fraction of sp³-hybridized carbons (Fsp3) is 0.938. The van der Waals surface area contributed by atoms with E-state index in [1.807, 2.05) is 6.92 Å². The van der Waals surface area contributed by atoms with Gasteiger partial charge in [-0.2, -0.15) is 0 Å². The van der Waals surface area contributed by atoms with Crippen LogP contribution in [0.15, 0.2) is 0 Å². The molecule has 0 aromatic heterocycles. The monoisotopic (exact) mass is 318 g/mol. The van der Waals surface area contributed by atoms with Gasteiger partial charge in [0, 0.05) is 31.7 Å². The van der Waals surface area contributed by atoms with Crippen molar-refractivity contribution in [2.75, 3.05) is 19.7 Å². The Kier molecular flexibility index (Phi) is 7.99. The van der Waals surface area contributed by atoms with Crippen molar-refractivity contribution in [2.24, 2.45) is 17.6 Å². The maximum atomic E-state index is 12.6. The first-order valence-corrected chi connectivity index (χ1v) is 8.24. The van der Waals surface area contributed by atoms with Crippen molar-refractivity contribution in [1.29, 1.82) is 0 Å². The summed E-state index contributed by atoms with van der Waals surface area (Å²) in [6.07, 6.45) is 7.19. The molecule has 1 heterocycles. The largest absolute Gasteiger partial charge is 0.376 e. The summed E-state index contributed by atoms with van der Waals surface area (Å²) < 4.78 is 5.73. The molecular formula is C16H31ClN2O2. The third-order valence-electron chi connectivity index (χ3n) is 4.91. The summed E-state index contributed by atoms with van der Waals surface area (Å²) in [6, 6.07) is 0.400. The quantitative estimate of drug-likeness (QED) is 0.847. The van der Waals surface area contributed by atoms with Gasteiger partial charge in [-0.05, 0) is 44.4 Å². The van der Waals surface area contributed by atoms with Crippen LogP contribution in [0.1, 0.15) is 52.4 Å². The van der Waals surface area contributed by atoms with Gasteiger partial charge in [0.05, 0.1) is 6.10 Å². The maximum absolute atomic E-state index is 12.6. The summed E-state index contributed by atoms with van der Waals surface area (Å²) in [5.41, 5.74) is 5.69. The average Bonchev–Trinajstić information content (AvgIpc) is 2.97. The van der Waals surface area contributed by atoms with Gasteiger partial charge in [0.15, 0.2) is 0 Å². The minimum atomic E-state index is -0.0734. The van der Waals surface area contributed by atoms with Crippen molar-refractivity contribution >= 4 is 18.3 Å². The van der Waals surface area contributed by atoms with Gasteiger partial charge in [-0.25, -0.2) is 0 Å². The summed E-state index contributed by atoms with van der Waals surface area (Å²) in [4.78, 5) is 14.7. The molecule has 0 spiro atoms. The molecule has 124 valence electrons. The lowest BCUT2D eigenvalue weighted by Crippen LogP contribution is -2.49. The van der Waals surface area contributed by atoms with E-state index in [9.17, 15) is 4.79 Å². The van der Waals surface area contributed by atoms with Gasteiger partial charge < -0.3 is 15.4 Å². The number of ether oxygens (including phenoxy) is 1. The van der Waals surface area contributed by atoms with E-state index in [0.717, 1.165) is 44.8 Å². The standard InChI is InChI=1S/C16H30N2O2.ClH/c1-12-5-7-14(8-6-12)18(16(19)13(2)10-17)11-15-4-3-9-20-15;/h12-15H,3-11,17H2,1-2H3;1H. The van der Waals surface area contributed by atoms with Crippen molar-refractivity contribution in [3.05, 3.63) is 0 Å². The first-order chi connectivity index (χ1) is 9.61. The summed E-state index contributed by atoms with van der Waals surface area (Å²) in [5, 5.41) is 0. The zero-order valence-corrected chi connectivity index (χ0v) is 14.2. The average molecular weight is 319 g/mol. The van der Waals surface area contributed by atoms with Crippen LogP contribution in [0.2, 0.25) is 0 Å².